The second-order valence-corrected chi connectivity index (χ2v) is 6.03. The monoisotopic (exact) mass is 239 g/mol. The Labute approximate surface area is 104 Å². The Bertz CT molecular complexity index is 278. The number of rotatable bonds is 4. The minimum absolute atomic E-state index is 0.127. The summed E-state index contributed by atoms with van der Waals surface area (Å²) >= 11 is 0. The van der Waals surface area contributed by atoms with Crippen LogP contribution in [0.25, 0.3) is 0 Å². The zero-order valence-electron chi connectivity index (χ0n) is 11.3. The fourth-order valence-corrected chi connectivity index (χ4v) is 2.42. The third-order valence-corrected chi connectivity index (χ3v) is 4.15. The van der Waals surface area contributed by atoms with Gasteiger partial charge in [0.15, 0.2) is 0 Å². The van der Waals surface area contributed by atoms with Crippen LogP contribution in [-0.2, 0) is 4.79 Å². The zero-order chi connectivity index (χ0) is 12.5. The van der Waals surface area contributed by atoms with Gasteiger partial charge in [-0.1, -0.05) is 0 Å². The molecule has 2 fully saturated rings. The van der Waals surface area contributed by atoms with E-state index in [0.29, 0.717) is 6.54 Å². The molecule has 2 rings (SSSR count). The van der Waals surface area contributed by atoms with E-state index in [2.05, 4.69) is 31.1 Å². The van der Waals surface area contributed by atoms with Crippen molar-refractivity contribution in [3.8, 4) is 0 Å². The Balaban J connectivity index is 1.73. The zero-order valence-corrected chi connectivity index (χ0v) is 11.3. The average molecular weight is 239 g/mol. The van der Waals surface area contributed by atoms with Crippen molar-refractivity contribution in [1.82, 2.24) is 15.1 Å². The van der Waals surface area contributed by atoms with E-state index >= 15 is 0 Å². The molecule has 0 aromatic carbocycles. The van der Waals surface area contributed by atoms with E-state index in [9.17, 15) is 4.79 Å². The van der Waals surface area contributed by atoms with Gasteiger partial charge in [0.05, 0.1) is 6.54 Å². The molecule has 0 radical (unpaired) electrons. The molecule has 4 heteroatoms. The minimum Gasteiger partial charge on any atom is -0.339 e. The molecule has 1 aliphatic carbocycles. The first-order chi connectivity index (χ1) is 7.99. The number of amides is 1. The van der Waals surface area contributed by atoms with Crippen molar-refractivity contribution in [2.75, 3.05) is 39.8 Å². The molecule has 1 heterocycles. The first-order valence-corrected chi connectivity index (χ1v) is 6.70. The molecule has 2 aliphatic rings. The molecular weight excluding hydrogens is 214 g/mol. The van der Waals surface area contributed by atoms with Gasteiger partial charge in [-0.05, 0) is 39.7 Å². The maximum Gasteiger partial charge on any atom is 0.236 e. The minimum atomic E-state index is 0.127. The smallest absolute Gasteiger partial charge is 0.236 e. The largest absolute Gasteiger partial charge is 0.339 e. The Morgan fingerprint density at radius 2 is 1.82 bits per heavy atom. The summed E-state index contributed by atoms with van der Waals surface area (Å²) in [7, 11) is 2.11. The third kappa shape index (κ3) is 3.42. The summed E-state index contributed by atoms with van der Waals surface area (Å²) in [4.78, 5) is 16.3. The number of carbonyl (C=O) groups is 1. The molecule has 0 atom stereocenters. The molecule has 1 amide bonds. The van der Waals surface area contributed by atoms with E-state index < -0.39 is 0 Å². The van der Waals surface area contributed by atoms with E-state index in [1.807, 2.05) is 4.90 Å². The lowest BCUT2D eigenvalue weighted by molar-refractivity contribution is -0.132. The lowest BCUT2D eigenvalue weighted by Crippen LogP contribution is -2.52. The molecule has 0 spiro atoms. The van der Waals surface area contributed by atoms with Gasteiger partial charge in [-0.2, -0.15) is 0 Å². The fraction of sp³-hybridized carbons (Fsp3) is 0.923. The summed E-state index contributed by atoms with van der Waals surface area (Å²) < 4.78 is 0. The molecule has 1 aliphatic heterocycles. The second kappa shape index (κ2) is 4.94. The maximum absolute atomic E-state index is 12.0. The highest BCUT2D eigenvalue weighted by molar-refractivity contribution is 5.78. The van der Waals surface area contributed by atoms with Gasteiger partial charge in [0, 0.05) is 31.7 Å². The van der Waals surface area contributed by atoms with Crippen LogP contribution in [-0.4, -0.2) is 61.0 Å². The van der Waals surface area contributed by atoms with Crippen LogP contribution in [0.4, 0.5) is 0 Å². The number of likely N-dealkylation sites (N-methyl/N-ethyl adjacent to an activating group) is 1. The van der Waals surface area contributed by atoms with Gasteiger partial charge in [-0.25, -0.2) is 0 Å². The molecule has 0 aromatic heterocycles. The summed E-state index contributed by atoms with van der Waals surface area (Å²) in [6.45, 7) is 8.66. The Morgan fingerprint density at radius 3 is 2.35 bits per heavy atom. The summed E-state index contributed by atoms with van der Waals surface area (Å²) in [5.41, 5.74) is 0.127. The average Bonchev–Trinajstić information content (AvgIpc) is 3.11. The normalized spacial score (nSPS) is 22.9. The highest BCUT2D eigenvalue weighted by Gasteiger charge is 2.37. The third-order valence-electron chi connectivity index (χ3n) is 4.15. The van der Waals surface area contributed by atoms with Crippen LogP contribution < -0.4 is 5.32 Å². The molecule has 1 saturated heterocycles. The first-order valence-electron chi connectivity index (χ1n) is 6.70. The van der Waals surface area contributed by atoms with Gasteiger partial charge in [-0.3, -0.25) is 4.79 Å². The van der Waals surface area contributed by atoms with Crippen LogP contribution in [0.5, 0.6) is 0 Å². The van der Waals surface area contributed by atoms with Gasteiger partial charge in [0.2, 0.25) is 5.91 Å². The number of piperazine rings is 1. The van der Waals surface area contributed by atoms with E-state index in [1.165, 1.54) is 12.8 Å². The van der Waals surface area contributed by atoms with Crippen LogP contribution in [0, 0.1) is 5.92 Å². The fourth-order valence-electron chi connectivity index (χ4n) is 2.42. The standard InChI is InChI=1S/C13H25N3O/c1-13(2,11-4-5-11)14-10-12(17)16-8-6-15(3)7-9-16/h11,14H,4-10H2,1-3H3. The van der Waals surface area contributed by atoms with Gasteiger partial charge < -0.3 is 15.1 Å². The predicted molar refractivity (Wildman–Crippen MR) is 68.9 cm³/mol. The van der Waals surface area contributed by atoms with Gasteiger partial charge in [-0.15, -0.1) is 0 Å². The SMILES string of the molecule is CN1CCN(C(=O)CNC(C)(C)C2CC2)CC1. The maximum atomic E-state index is 12.0. The molecule has 0 unspecified atom stereocenters. The number of hydrogen-bond acceptors (Lipinski definition) is 3. The van der Waals surface area contributed by atoms with Crippen molar-refractivity contribution < 1.29 is 4.79 Å². The van der Waals surface area contributed by atoms with Crippen LogP contribution in [0.2, 0.25) is 0 Å². The van der Waals surface area contributed by atoms with E-state index in [-0.39, 0.29) is 11.4 Å². The van der Waals surface area contributed by atoms with Crippen LogP contribution >= 0.6 is 0 Å². The molecule has 4 nitrogen and oxygen atoms in total. The molecular formula is C13H25N3O. The Morgan fingerprint density at radius 1 is 1.24 bits per heavy atom. The number of nitrogens with one attached hydrogen (secondary N) is 1. The summed E-state index contributed by atoms with van der Waals surface area (Å²) in [5.74, 6) is 1.02. The summed E-state index contributed by atoms with van der Waals surface area (Å²) in [5, 5.41) is 3.42. The number of carbonyl (C=O) groups excluding carboxylic acids is 1. The van der Waals surface area contributed by atoms with Crippen molar-refractivity contribution in [3.63, 3.8) is 0 Å². The molecule has 17 heavy (non-hydrogen) atoms. The second-order valence-electron chi connectivity index (χ2n) is 6.03. The van der Waals surface area contributed by atoms with Crippen molar-refractivity contribution in [1.29, 1.82) is 0 Å². The van der Waals surface area contributed by atoms with Gasteiger partial charge in [0.1, 0.15) is 0 Å². The van der Waals surface area contributed by atoms with Gasteiger partial charge in [0.25, 0.3) is 0 Å². The number of nitrogens with zero attached hydrogens (tertiary/aromatic N) is 2. The lowest BCUT2D eigenvalue weighted by atomic mass is 9.99. The highest BCUT2D eigenvalue weighted by Crippen LogP contribution is 2.38. The van der Waals surface area contributed by atoms with Crippen molar-refractivity contribution in [2.45, 2.75) is 32.2 Å². The summed E-state index contributed by atoms with van der Waals surface area (Å²) in [6, 6.07) is 0. The van der Waals surface area contributed by atoms with Crippen molar-refractivity contribution in [3.05, 3.63) is 0 Å². The number of hydrogen-bond donors (Lipinski definition) is 1. The quantitative estimate of drug-likeness (QED) is 0.778. The Kier molecular flexibility index (Phi) is 3.73. The topological polar surface area (TPSA) is 35.6 Å². The lowest BCUT2D eigenvalue weighted by Gasteiger charge is -2.34. The van der Waals surface area contributed by atoms with E-state index in [1.54, 1.807) is 0 Å². The Hall–Kier alpha value is -0.610. The van der Waals surface area contributed by atoms with Crippen LogP contribution in [0.3, 0.4) is 0 Å². The van der Waals surface area contributed by atoms with Crippen molar-refractivity contribution in [2.24, 2.45) is 5.92 Å². The molecule has 1 N–H and O–H groups in total. The van der Waals surface area contributed by atoms with E-state index in [0.717, 1.165) is 32.1 Å². The van der Waals surface area contributed by atoms with Crippen LogP contribution in [0.1, 0.15) is 26.7 Å². The highest BCUT2D eigenvalue weighted by atomic mass is 16.2. The molecule has 1 saturated carbocycles. The van der Waals surface area contributed by atoms with Gasteiger partial charge >= 0.3 is 0 Å². The predicted octanol–water partition coefficient (Wildman–Crippen LogP) is 0.539. The molecule has 0 bridgehead atoms. The van der Waals surface area contributed by atoms with E-state index in [4.69, 9.17) is 0 Å². The van der Waals surface area contributed by atoms with Crippen LogP contribution in [0.15, 0.2) is 0 Å². The summed E-state index contributed by atoms with van der Waals surface area (Å²) in [6.07, 6.45) is 2.62. The molecule has 98 valence electrons. The first kappa shape index (κ1) is 12.8. The molecule has 0 aromatic rings. The van der Waals surface area contributed by atoms with Crippen molar-refractivity contribution >= 4 is 5.91 Å².